The van der Waals surface area contributed by atoms with E-state index in [9.17, 15) is 0 Å². The standard InChI is InChI=1S/C11H14ClN5O/c1-18-6-2-5-17-11(14-15-16-17)8-3-4-10(13)9(12)7-8/h3-4,7H,2,5-6,13H2,1H3. The van der Waals surface area contributed by atoms with E-state index in [0.29, 0.717) is 29.7 Å². The Morgan fingerprint density at radius 2 is 2.28 bits per heavy atom. The number of hydrogen-bond donors (Lipinski definition) is 1. The summed E-state index contributed by atoms with van der Waals surface area (Å²) >= 11 is 5.99. The molecule has 0 spiro atoms. The Balaban J connectivity index is 2.22. The first-order chi connectivity index (χ1) is 8.72. The maximum atomic E-state index is 5.99. The van der Waals surface area contributed by atoms with Crippen molar-refractivity contribution in [2.75, 3.05) is 19.5 Å². The van der Waals surface area contributed by atoms with Crippen molar-refractivity contribution in [3.05, 3.63) is 23.2 Å². The van der Waals surface area contributed by atoms with Gasteiger partial charge in [0.05, 0.1) is 10.7 Å². The Labute approximate surface area is 110 Å². The van der Waals surface area contributed by atoms with Crippen LogP contribution in [0.4, 0.5) is 5.69 Å². The lowest BCUT2D eigenvalue weighted by atomic mass is 10.2. The number of nitrogen functional groups attached to an aromatic ring is 1. The summed E-state index contributed by atoms with van der Waals surface area (Å²) in [6.07, 6.45) is 0.844. The van der Waals surface area contributed by atoms with Crippen LogP contribution in [0.3, 0.4) is 0 Å². The maximum absolute atomic E-state index is 5.99. The van der Waals surface area contributed by atoms with Crippen molar-refractivity contribution in [2.45, 2.75) is 13.0 Å². The van der Waals surface area contributed by atoms with Gasteiger partial charge >= 0.3 is 0 Å². The molecule has 2 rings (SSSR count). The van der Waals surface area contributed by atoms with Crippen LogP contribution in [0.2, 0.25) is 5.02 Å². The smallest absolute Gasteiger partial charge is 0.182 e. The van der Waals surface area contributed by atoms with Crippen LogP contribution in [-0.4, -0.2) is 33.9 Å². The molecule has 0 unspecified atom stereocenters. The lowest BCUT2D eigenvalue weighted by Gasteiger charge is -2.05. The van der Waals surface area contributed by atoms with Gasteiger partial charge in [-0.05, 0) is 35.0 Å². The van der Waals surface area contributed by atoms with Crippen molar-refractivity contribution in [3.8, 4) is 11.4 Å². The normalized spacial score (nSPS) is 10.8. The molecule has 0 aliphatic heterocycles. The van der Waals surface area contributed by atoms with Gasteiger partial charge in [-0.15, -0.1) is 5.10 Å². The van der Waals surface area contributed by atoms with Gasteiger partial charge in [0.1, 0.15) is 0 Å². The van der Waals surface area contributed by atoms with Gasteiger partial charge in [-0.2, -0.15) is 0 Å². The monoisotopic (exact) mass is 267 g/mol. The fourth-order valence-corrected chi connectivity index (χ4v) is 1.77. The fraction of sp³-hybridized carbons (Fsp3) is 0.364. The van der Waals surface area contributed by atoms with Crippen molar-refractivity contribution in [1.29, 1.82) is 0 Å². The zero-order chi connectivity index (χ0) is 13.0. The number of nitrogens with two attached hydrogens (primary N) is 1. The first-order valence-electron chi connectivity index (χ1n) is 5.53. The van der Waals surface area contributed by atoms with Gasteiger partial charge in [0.25, 0.3) is 0 Å². The minimum absolute atomic E-state index is 0.499. The summed E-state index contributed by atoms with van der Waals surface area (Å²) in [6, 6.07) is 5.35. The SMILES string of the molecule is COCCCn1nnnc1-c1ccc(N)c(Cl)c1. The average Bonchev–Trinajstić information content (AvgIpc) is 2.81. The van der Waals surface area contributed by atoms with Crippen LogP contribution in [0, 0.1) is 0 Å². The van der Waals surface area contributed by atoms with Crippen molar-refractivity contribution in [3.63, 3.8) is 0 Å². The second-order valence-electron chi connectivity index (χ2n) is 3.81. The molecule has 0 fully saturated rings. The molecule has 0 saturated heterocycles. The topological polar surface area (TPSA) is 78.8 Å². The number of tetrazole rings is 1. The number of hydrogen-bond acceptors (Lipinski definition) is 5. The second-order valence-corrected chi connectivity index (χ2v) is 4.22. The molecule has 1 aromatic carbocycles. The van der Waals surface area contributed by atoms with E-state index >= 15 is 0 Å². The van der Waals surface area contributed by atoms with E-state index in [0.717, 1.165) is 12.0 Å². The summed E-state index contributed by atoms with van der Waals surface area (Å²) < 4.78 is 6.72. The number of benzene rings is 1. The van der Waals surface area contributed by atoms with Crippen LogP contribution in [-0.2, 0) is 11.3 Å². The Bertz CT molecular complexity index is 528. The first kappa shape index (κ1) is 12.8. The zero-order valence-electron chi connectivity index (χ0n) is 10.0. The van der Waals surface area contributed by atoms with Crippen LogP contribution in [0.1, 0.15) is 6.42 Å². The number of aromatic nitrogens is 4. The number of aryl methyl sites for hydroxylation is 1. The number of methoxy groups -OCH3 is 1. The Kier molecular flexibility index (Phi) is 4.11. The van der Waals surface area contributed by atoms with E-state index in [-0.39, 0.29) is 0 Å². The van der Waals surface area contributed by atoms with Gasteiger partial charge in [0, 0.05) is 25.8 Å². The fourth-order valence-electron chi connectivity index (χ4n) is 1.59. The van der Waals surface area contributed by atoms with Gasteiger partial charge in [0.2, 0.25) is 0 Å². The predicted octanol–water partition coefficient (Wildman–Crippen LogP) is 1.61. The molecule has 1 heterocycles. The van der Waals surface area contributed by atoms with Gasteiger partial charge in [-0.25, -0.2) is 4.68 Å². The molecule has 7 heteroatoms. The van der Waals surface area contributed by atoms with Crippen LogP contribution in [0.15, 0.2) is 18.2 Å². The molecule has 0 saturated carbocycles. The molecular formula is C11H14ClN5O. The second kappa shape index (κ2) is 5.79. The molecule has 0 atom stereocenters. The third-order valence-electron chi connectivity index (χ3n) is 2.51. The van der Waals surface area contributed by atoms with Crippen molar-refractivity contribution >= 4 is 17.3 Å². The molecule has 0 aliphatic rings. The number of halogens is 1. The van der Waals surface area contributed by atoms with E-state index < -0.39 is 0 Å². The summed E-state index contributed by atoms with van der Waals surface area (Å²) in [6.45, 7) is 1.36. The van der Waals surface area contributed by atoms with E-state index in [1.807, 2.05) is 6.07 Å². The predicted molar refractivity (Wildman–Crippen MR) is 69.2 cm³/mol. The highest BCUT2D eigenvalue weighted by atomic mass is 35.5. The van der Waals surface area contributed by atoms with E-state index in [1.165, 1.54) is 0 Å². The minimum atomic E-state index is 0.499. The van der Waals surface area contributed by atoms with Gasteiger partial charge in [-0.3, -0.25) is 0 Å². The summed E-state index contributed by atoms with van der Waals surface area (Å²) in [5.74, 6) is 0.674. The molecule has 6 nitrogen and oxygen atoms in total. The molecule has 0 bridgehead atoms. The minimum Gasteiger partial charge on any atom is -0.398 e. The summed E-state index contributed by atoms with van der Waals surface area (Å²) in [7, 11) is 1.67. The van der Waals surface area contributed by atoms with Crippen LogP contribution >= 0.6 is 11.6 Å². The molecule has 18 heavy (non-hydrogen) atoms. The van der Waals surface area contributed by atoms with Crippen molar-refractivity contribution in [1.82, 2.24) is 20.2 Å². The lowest BCUT2D eigenvalue weighted by Crippen LogP contribution is -2.05. The molecule has 0 radical (unpaired) electrons. The van der Waals surface area contributed by atoms with Crippen molar-refractivity contribution in [2.24, 2.45) is 0 Å². The van der Waals surface area contributed by atoms with E-state index in [2.05, 4.69) is 15.5 Å². The Morgan fingerprint density at radius 1 is 1.44 bits per heavy atom. The zero-order valence-corrected chi connectivity index (χ0v) is 10.8. The third-order valence-corrected chi connectivity index (χ3v) is 2.84. The highest BCUT2D eigenvalue weighted by Crippen LogP contribution is 2.25. The average molecular weight is 268 g/mol. The molecule has 2 aromatic rings. The van der Waals surface area contributed by atoms with E-state index in [1.54, 1.807) is 23.9 Å². The maximum Gasteiger partial charge on any atom is 0.182 e. The summed E-state index contributed by atoms with van der Waals surface area (Å²) in [4.78, 5) is 0. The molecule has 0 aliphatic carbocycles. The molecule has 1 aromatic heterocycles. The largest absolute Gasteiger partial charge is 0.398 e. The van der Waals surface area contributed by atoms with Crippen LogP contribution in [0.25, 0.3) is 11.4 Å². The quantitative estimate of drug-likeness (QED) is 0.658. The highest BCUT2D eigenvalue weighted by Gasteiger charge is 2.09. The molecule has 2 N–H and O–H groups in total. The van der Waals surface area contributed by atoms with Crippen molar-refractivity contribution < 1.29 is 4.74 Å². The summed E-state index contributed by atoms with van der Waals surface area (Å²) in [5, 5.41) is 12.1. The third kappa shape index (κ3) is 2.77. The van der Waals surface area contributed by atoms with Crippen LogP contribution in [0.5, 0.6) is 0 Å². The highest BCUT2D eigenvalue weighted by molar-refractivity contribution is 6.33. The number of nitrogens with zero attached hydrogens (tertiary/aromatic N) is 4. The summed E-state index contributed by atoms with van der Waals surface area (Å²) in [5.41, 5.74) is 7.06. The molecule has 96 valence electrons. The number of anilines is 1. The van der Waals surface area contributed by atoms with Gasteiger partial charge in [0.15, 0.2) is 5.82 Å². The first-order valence-corrected chi connectivity index (χ1v) is 5.90. The van der Waals surface area contributed by atoms with E-state index in [4.69, 9.17) is 22.1 Å². The Hall–Kier alpha value is -1.66. The van der Waals surface area contributed by atoms with Gasteiger partial charge < -0.3 is 10.5 Å². The van der Waals surface area contributed by atoms with Gasteiger partial charge in [-0.1, -0.05) is 11.6 Å². The molecule has 0 amide bonds. The Morgan fingerprint density at radius 3 is 3.00 bits per heavy atom. The number of ether oxygens (including phenoxy) is 1. The lowest BCUT2D eigenvalue weighted by molar-refractivity contribution is 0.189. The number of rotatable bonds is 5. The molecular weight excluding hydrogens is 254 g/mol. The van der Waals surface area contributed by atoms with Crippen LogP contribution < -0.4 is 5.73 Å².